The van der Waals surface area contributed by atoms with E-state index in [9.17, 15) is 20.1 Å². The highest BCUT2D eigenvalue weighted by Gasteiger charge is 2.26. The molecule has 1 aromatic carbocycles. The summed E-state index contributed by atoms with van der Waals surface area (Å²) in [5.74, 6) is -0.210. The number of pyridine rings is 1. The van der Waals surface area contributed by atoms with Crippen LogP contribution in [-0.2, 0) is 9.59 Å². The van der Waals surface area contributed by atoms with Gasteiger partial charge in [-0.25, -0.2) is 4.98 Å². The summed E-state index contributed by atoms with van der Waals surface area (Å²) >= 11 is 1.09. The van der Waals surface area contributed by atoms with E-state index in [0.717, 1.165) is 11.8 Å². The number of rotatable bonds is 7. The van der Waals surface area contributed by atoms with Crippen LogP contribution in [0, 0.1) is 22.7 Å². The van der Waals surface area contributed by atoms with E-state index in [4.69, 9.17) is 10.2 Å². The molecule has 0 radical (unpaired) electrons. The van der Waals surface area contributed by atoms with Crippen molar-refractivity contribution < 1.29 is 14.0 Å². The Hall–Kier alpha value is -4.28. The van der Waals surface area contributed by atoms with Gasteiger partial charge in [0.1, 0.15) is 34.3 Å². The van der Waals surface area contributed by atoms with Crippen molar-refractivity contribution in [2.75, 3.05) is 16.4 Å². The topological polar surface area (TPSA) is 158 Å². The summed E-state index contributed by atoms with van der Waals surface area (Å²) in [6.07, 6.45) is 1.88. The molecule has 1 unspecified atom stereocenters. The van der Waals surface area contributed by atoms with Crippen molar-refractivity contribution in [1.29, 1.82) is 10.5 Å². The summed E-state index contributed by atoms with van der Waals surface area (Å²) in [6, 6.07) is 14.0. The molecule has 0 aliphatic carbocycles. The predicted octanol–water partition coefficient (Wildman–Crippen LogP) is 4.13. The lowest BCUT2D eigenvalue weighted by Crippen LogP contribution is -2.25. The fourth-order valence-corrected chi connectivity index (χ4v) is 4.09. The molecule has 166 valence electrons. The van der Waals surface area contributed by atoms with Crippen LogP contribution >= 0.6 is 11.8 Å². The van der Waals surface area contributed by atoms with E-state index in [1.54, 1.807) is 36.4 Å². The van der Waals surface area contributed by atoms with Crippen molar-refractivity contribution in [3.63, 3.8) is 0 Å². The largest absolute Gasteiger partial charge is 0.464 e. The average Bonchev–Trinajstić information content (AvgIpc) is 3.32. The SMILES string of the molecule is CCC(Sc1nc(N)c(C#N)c(-c2ccco2)c1C#N)C(=O)Nc1ccc(NC(C)=O)cc1. The van der Waals surface area contributed by atoms with Gasteiger partial charge in [0.05, 0.1) is 22.6 Å². The van der Waals surface area contributed by atoms with Crippen molar-refractivity contribution in [3.05, 3.63) is 53.8 Å². The van der Waals surface area contributed by atoms with Gasteiger partial charge in [-0.15, -0.1) is 0 Å². The monoisotopic (exact) mass is 460 g/mol. The highest BCUT2D eigenvalue weighted by atomic mass is 32.2. The Balaban J connectivity index is 1.88. The fourth-order valence-electron chi connectivity index (χ4n) is 3.07. The third kappa shape index (κ3) is 5.32. The number of nitriles is 2. The first-order valence-electron chi connectivity index (χ1n) is 9.90. The first kappa shape index (κ1) is 23.4. The summed E-state index contributed by atoms with van der Waals surface area (Å²) in [5.41, 5.74) is 7.58. The van der Waals surface area contributed by atoms with Gasteiger partial charge in [0, 0.05) is 18.3 Å². The number of carbonyl (C=O) groups excluding carboxylic acids is 2. The zero-order valence-corrected chi connectivity index (χ0v) is 18.7. The number of thioether (sulfide) groups is 1. The van der Waals surface area contributed by atoms with E-state index >= 15 is 0 Å². The molecule has 9 nitrogen and oxygen atoms in total. The van der Waals surface area contributed by atoms with Crippen LogP contribution in [-0.4, -0.2) is 22.0 Å². The van der Waals surface area contributed by atoms with Gasteiger partial charge in [0.15, 0.2) is 0 Å². The van der Waals surface area contributed by atoms with Gasteiger partial charge >= 0.3 is 0 Å². The molecular formula is C23H20N6O3S. The maximum absolute atomic E-state index is 12.9. The lowest BCUT2D eigenvalue weighted by molar-refractivity contribution is -0.116. The van der Waals surface area contributed by atoms with E-state index in [0.29, 0.717) is 23.6 Å². The van der Waals surface area contributed by atoms with Crippen LogP contribution in [0.1, 0.15) is 31.4 Å². The van der Waals surface area contributed by atoms with Gasteiger partial charge in [-0.3, -0.25) is 9.59 Å². The average molecular weight is 461 g/mol. The molecule has 0 aliphatic rings. The second kappa shape index (κ2) is 10.4. The number of carbonyl (C=O) groups is 2. The molecule has 2 amide bonds. The van der Waals surface area contributed by atoms with Gasteiger partial charge in [-0.05, 0) is 42.8 Å². The van der Waals surface area contributed by atoms with Crippen LogP contribution in [0.25, 0.3) is 11.3 Å². The number of benzene rings is 1. The molecule has 3 rings (SSSR count). The third-order valence-electron chi connectivity index (χ3n) is 4.57. The Labute approximate surface area is 194 Å². The fraction of sp³-hybridized carbons (Fsp3) is 0.174. The minimum absolute atomic E-state index is 0.0441. The summed E-state index contributed by atoms with van der Waals surface area (Å²) < 4.78 is 5.41. The first-order chi connectivity index (χ1) is 15.9. The van der Waals surface area contributed by atoms with Crippen LogP contribution in [0.5, 0.6) is 0 Å². The van der Waals surface area contributed by atoms with Crippen molar-refractivity contribution in [3.8, 4) is 23.5 Å². The summed E-state index contributed by atoms with van der Waals surface area (Å²) in [6.45, 7) is 3.25. The Morgan fingerprint density at radius 3 is 2.27 bits per heavy atom. The minimum Gasteiger partial charge on any atom is -0.464 e. The highest BCUT2D eigenvalue weighted by Crippen LogP contribution is 2.37. The number of anilines is 3. The second-order valence-corrected chi connectivity index (χ2v) is 8.08. The zero-order valence-electron chi connectivity index (χ0n) is 17.9. The molecule has 1 atom stereocenters. The highest BCUT2D eigenvalue weighted by molar-refractivity contribution is 8.00. The van der Waals surface area contributed by atoms with E-state index < -0.39 is 5.25 Å². The second-order valence-electron chi connectivity index (χ2n) is 6.89. The molecule has 2 aromatic heterocycles. The number of nitrogen functional groups attached to an aromatic ring is 1. The van der Waals surface area contributed by atoms with Crippen molar-refractivity contribution in [2.45, 2.75) is 30.5 Å². The van der Waals surface area contributed by atoms with Gasteiger partial charge in [-0.1, -0.05) is 18.7 Å². The molecule has 4 N–H and O–H groups in total. The van der Waals surface area contributed by atoms with Gasteiger partial charge < -0.3 is 20.8 Å². The Morgan fingerprint density at radius 2 is 1.76 bits per heavy atom. The number of amides is 2. The summed E-state index contributed by atoms with van der Waals surface area (Å²) in [4.78, 5) is 28.3. The number of aromatic nitrogens is 1. The molecule has 0 saturated carbocycles. The summed E-state index contributed by atoms with van der Waals surface area (Å²) in [5, 5.41) is 24.5. The number of furan rings is 1. The Kier molecular flexibility index (Phi) is 7.34. The maximum atomic E-state index is 12.9. The molecule has 0 aliphatic heterocycles. The smallest absolute Gasteiger partial charge is 0.237 e. The number of nitrogens with one attached hydrogen (secondary N) is 2. The van der Waals surface area contributed by atoms with Crippen LogP contribution in [0.4, 0.5) is 17.2 Å². The quantitative estimate of drug-likeness (QED) is 0.444. The summed E-state index contributed by atoms with van der Waals surface area (Å²) in [7, 11) is 0. The zero-order chi connectivity index (χ0) is 24.0. The van der Waals surface area contributed by atoms with Gasteiger partial charge in [0.25, 0.3) is 0 Å². The first-order valence-corrected chi connectivity index (χ1v) is 10.8. The lowest BCUT2D eigenvalue weighted by Gasteiger charge is -2.17. The van der Waals surface area contributed by atoms with Crippen molar-refractivity contribution in [2.24, 2.45) is 0 Å². The normalized spacial score (nSPS) is 11.2. The number of nitrogens with zero attached hydrogens (tertiary/aromatic N) is 3. The molecule has 0 saturated heterocycles. The van der Waals surface area contributed by atoms with E-state index in [-0.39, 0.29) is 39.3 Å². The number of nitrogens with two attached hydrogens (primary N) is 1. The molecule has 33 heavy (non-hydrogen) atoms. The minimum atomic E-state index is -0.587. The lowest BCUT2D eigenvalue weighted by atomic mass is 10.0. The number of hydrogen-bond donors (Lipinski definition) is 3. The van der Waals surface area contributed by atoms with Crippen LogP contribution in [0.2, 0.25) is 0 Å². The van der Waals surface area contributed by atoms with E-state index in [2.05, 4.69) is 21.7 Å². The molecule has 0 fully saturated rings. The van der Waals surface area contributed by atoms with Gasteiger partial charge in [0.2, 0.25) is 11.8 Å². The Morgan fingerprint density at radius 1 is 1.12 bits per heavy atom. The molecular weight excluding hydrogens is 440 g/mol. The van der Waals surface area contributed by atoms with Crippen LogP contribution in [0.3, 0.4) is 0 Å². The van der Waals surface area contributed by atoms with Crippen LogP contribution in [0.15, 0.2) is 52.1 Å². The molecule has 2 heterocycles. The van der Waals surface area contributed by atoms with Gasteiger partial charge in [-0.2, -0.15) is 10.5 Å². The molecule has 10 heteroatoms. The standard InChI is InChI=1S/C23H20N6O3S/c1-3-19(22(31)28-15-8-6-14(7-9-15)27-13(2)30)33-23-17(12-25)20(18-5-4-10-32-18)16(11-24)21(26)29-23/h4-10,19H,3H2,1-2H3,(H2,26,29)(H,27,30)(H,28,31). The third-order valence-corrected chi connectivity index (χ3v) is 5.92. The number of hydrogen-bond acceptors (Lipinski definition) is 8. The Bertz CT molecular complexity index is 1260. The molecule has 0 spiro atoms. The van der Waals surface area contributed by atoms with Crippen molar-refractivity contribution in [1.82, 2.24) is 4.98 Å². The van der Waals surface area contributed by atoms with E-state index in [1.165, 1.54) is 13.2 Å². The predicted molar refractivity (Wildman–Crippen MR) is 125 cm³/mol. The molecule has 0 bridgehead atoms. The van der Waals surface area contributed by atoms with E-state index in [1.807, 2.05) is 13.0 Å². The maximum Gasteiger partial charge on any atom is 0.237 e. The van der Waals surface area contributed by atoms with Crippen molar-refractivity contribution >= 4 is 40.8 Å². The molecule has 3 aromatic rings. The van der Waals surface area contributed by atoms with Crippen LogP contribution < -0.4 is 16.4 Å².